The number of amides is 1. The summed E-state index contributed by atoms with van der Waals surface area (Å²) in [7, 11) is 0. The summed E-state index contributed by atoms with van der Waals surface area (Å²) in [6.45, 7) is 1.31. The monoisotopic (exact) mass is 347 g/mol. The van der Waals surface area contributed by atoms with E-state index in [2.05, 4.69) is 15.6 Å². The first-order valence-corrected chi connectivity index (χ1v) is 8.52. The van der Waals surface area contributed by atoms with Crippen molar-refractivity contribution in [1.82, 2.24) is 10.3 Å². The fourth-order valence-electron chi connectivity index (χ4n) is 2.39. The summed E-state index contributed by atoms with van der Waals surface area (Å²) in [5.74, 6) is 1.48. The van der Waals surface area contributed by atoms with Crippen molar-refractivity contribution in [3.8, 4) is 11.5 Å². The lowest BCUT2D eigenvalue weighted by molar-refractivity contribution is -0.116. The normalized spacial score (nSPS) is 10.3. The van der Waals surface area contributed by atoms with E-state index in [4.69, 9.17) is 4.74 Å². The van der Waals surface area contributed by atoms with Gasteiger partial charge in [0.05, 0.1) is 0 Å². The van der Waals surface area contributed by atoms with Crippen LogP contribution in [-0.2, 0) is 11.3 Å². The van der Waals surface area contributed by atoms with Crippen LogP contribution < -0.4 is 15.4 Å². The van der Waals surface area contributed by atoms with Crippen LogP contribution in [0.1, 0.15) is 12.0 Å². The van der Waals surface area contributed by atoms with E-state index in [0.29, 0.717) is 19.5 Å². The van der Waals surface area contributed by atoms with Crippen molar-refractivity contribution in [2.24, 2.45) is 0 Å². The Hall–Kier alpha value is -3.18. The molecule has 0 saturated heterocycles. The van der Waals surface area contributed by atoms with E-state index in [1.54, 1.807) is 6.20 Å². The lowest BCUT2D eigenvalue weighted by atomic mass is 10.2. The molecule has 2 aromatic carbocycles. The number of carbonyl (C=O) groups excluding carboxylic acids is 1. The van der Waals surface area contributed by atoms with Crippen molar-refractivity contribution in [1.29, 1.82) is 0 Å². The van der Waals surface area contributed by atoms with Crippen molar-refractivity contribution >= 4 is 11.6 Å². The standard InChI is InChI=1S/C21H21N3O2/c25-21(12-14-23-16-17-5-4-13-22-15-17)24-18-8-10-20(11-9-18)26-19-6-2-1-3-7-19/h1-11,13,15,23H,12,14,16H2,(H,24,25). The molecule has 0 atom stereocenters. The van der Waals surface area contributed by atoms with Crippen molar-refractivity contribution < 1.29 is 9.53 Å². The zero-order chi connectivity index (χ0) is 18.0. The molecule has 3 aromatic rings. The molecule has 0 fully saturated rings. The molecule has 0 bridgehead atoms. The fraction of sp³-hybridized carbons (Fsp3) is 0.143. The highest BCUT2D eigenvalue weighted by atomic mass is 16.5. The third-order valence-corrected chi connectivity index (χ3v) is 3.70. The van der Waals surface area contributed by atoms with Gasteiger partial charge in [-0.15, -0.1) is 0 Å². The number of nitrogens with one attached hydrogen (secondary N) is 2. The third kappa shape index (κ3) is 5.72. The van der Waals surface area contributed by atoms with Gasteiger partial charge in [0.1, 0.15) is 11.5 Å². The van der Waals surface area contributed by atoms with Gasteiger partial charge in [0.2, 0.25) is 5.91 Å². The highest BCUT2D eigenvalue weighted by Gasteiger charge is 2.03. The number of rotatable bonds is 8. The van der Waals surface area contributed by atoms with Crippen LogP contribution in [0.25, 0.3) is 0 Å². The number of hydrogen-bond donors (Lipinski definition) is 2. The van der Waals surface area contributed by atoms with E-state index in [0.717, 1.165) is 22.7 Å². The fourth-order valence-corrected chi connectivity index (χ4v) is 2.39. The average Bonchev–Trinajstić information content (AvgIpc) is 2.68. The third-order valence-electron chi connectivity index (χ3n) is 3.70. The number of hydrogen-bond acceptors (Lipinski definition) is 4. The van der Waals surface area contributed by atoms with Gasteiger partial charge in [0.25, 0.3) is 0 Å². The molecule has 0 saturated carbocycles. The van der Waals surface area contributed by atoms with Gasteiger partial charge >= 0.3 is 0 Å². The molecule has 26 heavy (non-hydrogen) atoms. The summed E-state index contributed by atoms with van der Waals surface area (Å²) < 4.78 is 5.73. The summed E-state index contributed by atoms with van der Waals surface area (Å²) in [5, 5.41) is 6.12. The van der Waals surface area contributed by atoms with E-state index >= 15 is 0 Å². The molecular formula is C21H21N3O2. The Kier molecular flexibility index (Phi) is 6.34. The Morgan fingerprint density at radius 2 is 1.69 bits per heavy atom. The van der Waals surface area contributed by atoms with Gasteiger partial charge in [-0.2, -0.15) is 0 Å². The van der Waals surface area contributed by atoms with Gasteiger partial charge in [-0.1, -0.05) is 24.3 Å². The minimum absolute atomic E-state index is 0.0274. The number of carbonyl (C=O) groups is 1. The minimum Gasteiger partial charge on any atom is -0.457 e. The second-order valence-electron chi connectivity index (χ2n) is 5.78. The molecule has 5 nitrogen and oxygen atoms in total. The first kappa shape index (κ1) is 17.6. The van der Waals surface area contributed by atoms with Crippen molar-refractivity contribution in [2.45, 2.75) is 13.0 Å². The Labute approximate surface area is 153 Å². The Morgan fingerprint density at radius 3 is 2.42 bits per heavy atom. The van der Waals surface area contributed by atoms with E-state index in [-0.39, 0.29) is 5.91 Å². The number of pyridine rings is 1. The minimum atomic E-state index is -0.0274. The largest absolute Gasteiger partial charge is 0.457 e. The number of anilines is 1. The zero-order valence-corrected chi connectivity index (χ0v) is 14.4. The molecule has 3 rings (SSSR count). The summed E-state index contributed by atoms with van der Waals surface area (Å²) >= 11 is 0. The first-order valence-electron chi connectivity index (χ1n) is 8.52. The summed E-state index contributed by atoms with van der Waals surface area (Å²) in [6.07, 6.45) is 3.96. The van der Waals surface area contributed by atoms with Gasteiger partial charge in [-0.25, -0.2) is 0 Å². The zero-order valence-electron chi connectivity index (χ0n) is 14.4. The number of ether oxygens (including phenoxy) is 1. The van der Waals surface area contributed by atoms with Gasteiger partial charge < -0.3 is 15.4 Å². The molecule has 1 amide bonds. The Bertz CT molecular complexity index is 806. The highest BCUT2D eigenvalue weighted by molar-refractivity contribution is 5.90. The Balaban J connectivity index is 1.40. The summed E-state index contributed by atoms with van der Waals surface area (Å²) in [4.78, 5) is 16.1. The lowest BCUT2D eigenvalue weighted by Crippen LogP contribution is -2.21. The van der Waals surface area contributed by atoms with Crippen LogP contribution in [0.15, 0.2) is 79.1 Å². The van der Waals surface area contributed by atoms with Crippen molar-refractivity contribution in [3.05, 3.63) is 84.7 Å². The van der Waals surface area contributed by atoms with Crippen LogP contribution in [0.2, 0.25) is 0 Å². The summed E-state index contributed by atoms with van der Waals surface area (Å²) in [6, 6.07) is 20.8. The second kappa shape index (κ2) is 9.34. The topological polar surface area (TPSA) is 63.2 Å². The molecule has 0 aliphatic carbocycles. The molecule has 0 aliphatic rings. The van der Waals surface area contributed by atoms with E-state index in [1.807, 2.05) is 72.9 Å². The molecular weight excluding hydrogens is 326 g/mol. The second-order valence-corrected chi connectivity index (χ2v) is 5.78. The van der Waals surface area contributed by atoms with Gasteiger partial charge in [0.15, 0.2) is 0 Å². The maximum atomic E-state index is 12.0. The van der Waals surface area contributed by atoms with E-state index in [1.165, 1.54) is 0 Å². The predicted molar refractivity (Wildman–Crippen MR) is 102 cm³/mol. The molecule has 1 heterocycles. The maximum absolute atomic E-state index is 12.0. The van der Waals surface area contributed by atoms with E-state index in [9.17, 15) is 4.79 Å². The van der Waals surface area contributed by atoms with Crippen molar-refractivity contribution in [2.75, 3.05) is 11.9 Å². The molecule has 0 aliphatic heterocycles. The SMILES string of the molecule is O=C(CCNCc1cccnc1)Nc1ccc(Oc2ccccc2)cc1. The number of aromatic nitrogens is 1. The number of benzene rings is 2. The first-order chi connectivity index (χ1) is 12.8. The molecule has 0 spiro atoms. The van der Waals surface area contributed by atoms with Crippen LogP contribution in [0, 0.1) is 0 Å². The predicted octanol–water partition coefficient (Wildman–Crippen LogP) is 3.99. The maximum Gasteiger partial charge on any atom is 0.225 e. The molecule has 132 valence electrons. The van der Waals surface area contributed by atoms with Gasteiger partial charge in [0, 0.05) is 37.6 Å². The molecule has 1 aromatic heterocycles. The van der Waals surface area contributed by atoms with Crippen LogP contribution in [0.4, 0.5) is 5.69 Å². The van der Waals surface area contributed by atoms with Gasteiger partial charge in [-0.3, -0.25) is 9.78 Å². The molecule has 0 radical (unpaired) electrons. The molecule has 0 unspecified atom stereocenters. The smallest absolute Gasteiger partial charge is 0.225 e. The Morgan fingerprint density at radius 1 is 0.923 bits per heavy atom. The van der Waals surface area contributed by atoms with Gasteiger partial charge in [-0.05, 0) is 48.0 Å². The molecule has 2 N–H and O–H groups in total. The lowest BCUT2D eigenvalue weighted by Gasteiger charge is -2.08. The molecule has 5 heteroatoms. The summed E-state index contributed by atoms with van der Waals surface area (Å²) in [5.41, 5.74) is 1.85. The van der Waals surface area contributed by atoms with Crippen LogP contribution >= 0.6 is 0 Å². The van der Waals surface area contributed by atoms with Crippen molar-refractivity contribution in [3.63, 3.8) is 0 Å². The number of nitrogens with zero attached hydrogens (tertiary/aromatic N) is 1. The highest BCUT2D eigenvalue weighted by Crippen LogP contribution is 2.22. The van der Waals surface area contributed by atoms with Crippen LogP contribution in [0.5, 0.6) is 11.5 Å². The quantitative estimate of drug-likeness (QED) is 0.605. The van der Waals surface area contributed by atoms with Crippen LogP contribution in [-0.4, -0.2) is 17.4 Å². The van der Waals surface area contributed by atoms with Crippen LogP contribution in [0.3, 0.4) is 0 Å². The average molecular weight is 347 g/mol. The number of para-hydroxylation sites is 1. The van der Waals surface area contributed by atoms with E-state index < -0.39 is 0 Å².